The molecule has 1 saturated carbocycles. The molecule has 0 bridgehead atoms. The van der Waals surface area contributed by atoms with Gasteiger partial charge in [0.05, 0.1) is 11.6 Å². The highest BCUT2D eigenvalue weighted by atomic mass is 35.5. The molecule has 0 radical (unpaired) electrons. The summed E-state index contributed by atoms with van der Waals surface area (Å²) < 4.78 is 5.86. The van der Waals surface area contributed by atoms with E-state index in [0.717, 1.165) is 23.6 Å². The number of rotatable bonds is 4. The van der Waals surface area contributed by atoms with Crippen LogP contribution in [0.15, 0.2) is 34.7 Å². The van der Waals surface area contributed by atoms with Crippen molar-refractivity contribution in [3.8, 4) is 11.3 Å². The van der Waals surface area contributed by atoms with Crippen LogP contribution in [0.1, 0.15) is 31.4 Å². The van der Waals surface area contributed by atoms with E-state index in [1.807, 2.05) is 18.2 Å². The Hall–Kier alpha value is -0.670. The van der Waals surface area contributed by atoms with Gasteiger partial charge in [-0.05, 0) is 43.2 Å². The van der Waals surface area contributed by atoms with Gasteiger partial charge in [-0.15, -0.1) is 12.4 Å². The fourth-order valence-corrected chi connectivity index (χ4v) is 3.06. The summed E-state index contributed by atoms with van der Waals surface area (Å²) in [5, 5.41) is 4.85. The Morgan fingerprint density at radius 1 is 1.10 bits per heavy atom. The Morgan fingerprint density at radius 2 is 1.86 bits per heavy atom. The number of benzene rings is 1. The summed E-state index contributed by atoms with van der Waals surface area (Å²) in [6.07, 6.45) is 5.21. The van der Waals surface area contributed by atoms with E-state index in [1.165, 1.54) is 25.7 Å². The lowest BCUT2D eigenvalue weighted by atomic mass is 10.2. The van der Waals surface area contributed by atoms with Crippen LogP contribution in [0.3, 0.4) is 0 Å². The summed E-state index contributed by atoms with van der Waals surface area (Å²) in [6.45, 7) is 0.767. The summed E-state index contributed by atoms with van der Waals surface area (Å²) in [6, 6.07) is 9.98. The predicted molar refractivity (Wildman–Crippen MR) is 90.5 cm³/mol. The van der Waals surface area contributed by atoms with E-state index in [4.69, 9.17) is 27.6 Å². The summed E-state index contributed by atoms with van der Waals surface area (Å²) in [7, 11) is 0. The van der Waals surface area contributed by atoms with Crippen molar-refractivity contribution >= 4 is 35.6 Å². The van der Waals surface area contributed by atoms with Crippen molar-refractivity contribution in [2.24, 2.45) is 0 Å². The molecule has 1 N–H and O–H groups in total. The highest BCUT2D eigenvalue weighted by Gasteiger charge is 2.15. The number of hydrogen-bond acceptors (Lipinski definition) is 2. The quantitative estimate of drug-likeness (QED) is 0.767. The van der Waals surface area contributed by atoms with Crippen LogP contribution >= 0.6 is 35.6 Å². The van der Waals surface area contributed by atoms with Crippen LogP contribution in [0.4, 0.5) is 0 Å². The third-order valence-corrected chi connectivity index (χ3v) is 4.34. The molecule has 3 rings (SSSR count). The average Bonchev–Trinajstić information content (AvgIpc) is 3.10. The zero-order valence-corrected chi connectivity index (χ0v) is 13.9. The van der Waals surface area contributed by atoms with Crippen molar-refractivity contribution in [2.75, 3.05) is 0 Å². The molecule has 0 aliphatic heterocycles. The first kappa shape index (κ1) is 16.7. The highest BCUT2D eigenvalue weighted by molar-refractivity contribution is 6.35. The van der Waals surface area contributed by atoms with Crippen LogP contribution in [0.25, 0.3) is 11.3 Å². The Kier molecular flexibility index (Phi) is 6.00. The molecule has 2 nitrogen and oxygen atoms in total. The number of hydrogen-bond donors (Lipinski definition) is 1. The second kappa shape index (κ2) is 7.55. The molecule has 0 saturated heterocycles. The standard InChI is InChI=1S/C16H17Cl2NO.ClH/c17-11-5-7-15(18)14(9-11)16-8-6-13(20-16)10-19-12-3-1-2-4-12;/h5-9,12,19H,1-4,10H2;1H. The lowest BCUT2D eigenvalue weighted by Gasteiger charge is -2.09. The van der Waals surface area contributed by atoms with Gasteiger partial charge in [-0.1, -0.05) is 36.0 Å². The molecule has 1 aromatic heterocycles. The number of halogens is 3. The fraction of sp³-hybridized carbons (Fsp3) is 0.375. The molecule has 0 amide bonds. The van der Waals surface area contributed by atoms with Gasteiger partial charge in [0.2, 0.25) is 0 Å². The Morgan fingerprint density at radius 3 is 2.62 bits per heavy atom. The van der Waals surface area contributed by atoms with E-state index in [9.17, 15) is 0 Å². The normalized spacial score (nSPS) is 15.1. The smallest absolute Gasteiger partial charge is 0.135 e. The van der Waals surface area contributed by atoms with E-state index in [-0.39, 0.29) is 12.4 Å². The molecule has 114 valence electrons. The summed E-state index contributed by atoms with van der Waals surface area (Å²) in [4.78, 5) is 0. The van der Waals surface area contributed by atoms with Crippen LogP contribution in [0, 0.1) is 0 Å². The van der Waals surface area contributed by atoms with Crippen molar-refractivity contribution in [3.63, 3.8) is 0 Å². The van der Waals surface area contributed by atoms with Crippen molar-refractivity contribution in [1.82, 2.24) is 5.32 Å². The molecule has 0 atom stereocenters. The first-order valence-electron chi connectivity index (χ1n) is 7.00. The molecular weight excluding hydrogens is 329 g/mol. The van der Waals surface area contributed by atoms with Crippen molar-refractivity contribution in [2.45, 2.75) is 38.3 Å². The van der Waals surface area contributed by atoms with Gasteiger partial charge in [0.15, 0.2) is 0 Å². The van der Waals surface area contributed by atoms with Gasteiger partial charge in [-0.2, -0.15) is 0 Å². The minimum Gasteiger partial charge on any atom is -0.460 e. The Bertz CT molecular complexity index is 591. The largest absolute Gasteiger partial charge is 0.460 e. The average molecular weight is 347 g/mol. The van der Waals surface area contributed by atoms with Gasteiger partial charge >= 0.3 is 0 Å². The van der Waals surface area contributed by atoms with Gasteiger partial charge in [0, 0.05) is 16.6 Å². The van der Waals surface area contributed by atoms with Gasteiger partial charge in [-0.25, -0.2) is 0 Å². The van der Waals surface area contributed by atoms with Crippen LogP contribution < -0.4 is 5.32 Å². The monoisotopic (exact) mass is 345 g/mol. The molecule has 2 aromatic rings. The molecular formula is C16H18Cl3NO. The lowest BCUT2D eigenvalue weighted by Crippen LogP contribution is -2.24. The Balaban J connectivity index is 0.00000161. The van der Waals surface area contributed by atoms with Crippen molar-refractivity contribution in [3.05, 3.63) is 46.1 Å². The van der Waals surface area contributed by atoms with Crippen molar-refractivity contribution < 1.29 is 4.42 Å². The third kappa shape index (κ3) is 4.17. The van der Waals surface area contributed by atoms with Crippen LogP contribution in [0.5, 0.6) is 0 Å². The molecule has 1 fully saturated rings. The maximum Gasteiger partial charge on any atom is 0.135 e. The van der Waals surface area contributed by atoms with E-state index in [1.54, 1.807) is 12.1 Å². The second-order valence-electron chi connectivity index (χ2n) is 5.25. The molecule has 1 heterocycles. The van der Waals surface area contributed by atoms with Gasteiger partial charge in [0.1, 0.15) is 11.5 Å². The minimum atomic E-state index is 0. The molecule has 0 spiro atoms. The van der Waals surface area contributed by atoms with Crippen LogP contribution in [-0.2, 0) is 6.54 Å². The topological polar surface area (TPSA) is 25.2 Å². The fourth-order valence-electron chi connectivity index (χ4n) is 2.68. The summed E-state index contributed by atoms with van der Waals surface area (Å²) >= 11 is 12.2. The van der Waals surface area contributed by atoms with E-state index >= 15 is 0 Å². The maximum absolute atomic E-state index is 6.19. The van der Waals surface area contributed by atoms with E-state index < -0.39 is 0 Å². The first-order chi connectivity index (χ1) is 9.72. The molecule has 5 heteroatoms. The lowest BCUT2D eigenvalue weighted by molar-refractivity contribution is 0.452. The number of furan rings is 1. The molecule has 0 unspecified atom stereocenters. The first-order valence-corrected chi connectivity index (χ1v) is 7.75. The third-order valence-electron chi connectivity index (χ3n) is 3.78. The predicted octanol–water partition coefficient (Wildman–Crippen LogP) is 5.71. The van der Waals surface area contributed by atoms with Gasteiger partial charge in [0.25, 0.3) is 0 Å². The van der Waals surface area contributed by atoms with Gasteiger partial charge in [-0.3, -0.25) is 0 Å². The van der Waals surface area contributed by atoms with Crippen LogP contribution in [0.2, 0.25) is 10.0 Å². The van der Waals surface area contributed by atoms with Crippen molar-refractivity contribution in [1.29, 1.82) is 0 Å². The molecule has 1 aliphatic rings. The van der Waals surface area contributed by atoms with E-state index in [0.29, 0.717) is 16.1 Å². The summed E-state index contributed by atoms with van der Waals surface area (Å²) in [5.41, 5.74) is 0.839. The molecule has 1 aromatic carbocycles. The SMILES string of the molecule is Cl.Clc1ccc(Cl)c(-c2ccc(CNC3CCCC3)o2)c1. The highest BCUT2D eigenvalue weighted by Crippen LogP contribution is 2.31. The molecule has 1 aliphatic carbocycles. The molecule has 21 heavy (non-hydrogen) atoms. The zero-order chi connectivity index (χ0) is 13.9. The Labute approximate surface area is 141 Å². The number of nitrogens with one attached hydrogen (secondary N) is 1. The van der Waals surface area contributed by atoms with E-state index in [2.05, 4.69) is 5.32 Å². The van der Waals surface area contributed by atoms with Gasteiger partial charge < -0.3 is 9.73 Å². The second-order valence-corrected chi connectivity index (χ2v) is 6.10. The maximum atomic E-state index is 6.19. The van der Waals surface area contributed by atoms with Crippen LogP contribution in [-0.4, -0.2) is 6.04 Å². The minimum absolute atomic E-state index is 0. The summed E-state index contributed by atoms with van der Waals surface area (Å²) in [5.74, 6) is 1.70. The zero-order valence-electron chi connectivity index (χ0n) is 11.6.